The van der Waals surface area contributed by atoms with Gasteiger partial charge >= 0.3 is 0 Å². The zero-order chi connectivity index (χ0) is 13.0. The summed E-state index contributed by atoms with van der Waals surface area (Å²) < 4.78 is 0. The molecule has 0 fully saturated rings. The van der Waals surface area contributed by atoms with Crippen LogP contribution in [-0.4, -0.2) is 35.1 Å². The Morgan fingerprint density at radius 1 is 1.44 bits per heavy atom. The molecule has 1 aromatic heterocycles. The van der Waals surface area contributed by atoms with Crippen LogP contribution in [0.5, 0.6) is 0 Å². The lowest BCUT2D eigenvalue weighted by molar-refractivity contribution is -0.107. The van der Waals surface area contributed by atoms with Crippen molar-refractivity contribution in [1.82, 2.24) is 9.97 Å². The first-order valence-corrected chi connectivity index (χ1v) is 6.28. The Labute approximate surface area is 106 Å². The Hall–Kier alpha value is -1.78. The zero-order valence-corrected chi connectivity index (χ0v) is 10.6. The second-order valence-electron chi connectivity index (χ2n) is 4.48. The Bertz CT molecular complexity index is 460. The number of hydrogen-bond acceptors (Lipinski definition) is 5. The van der Waals surface area contributed by atoms with Crippen molar-refractivity contribution in [3.05, 3.63) is 17.6 Å². The summed E-state index contributed by atoms with van der Waals surface area (Å²) in [7, 11) is 0. The summed E-state index contributed by atoms with van der Waals surface area (Å²) in [5, 5.41) is 0. The molecule has 2 rings (SSSR count). The van der Waals surface area contributed by atoms with E-state index in [1.807, 2.05) is 6.92 Å². The predicted octanol–water partition coefficient (Wildman–Crippen LogP) is 1.55. The van der Waals surface area contributed by atoms with Gasteiger partial charge < -0.3 is 9.69 Å². The van der Waals surface area contributed by atoms with Crippen LogP contribution in [-0.2, 0) is 4.79 Å². The third-order valence-corrected chi connectivity index (χ3v) is 3.10. The van der Waals surface area contributed by atoms with E-state index in [-0.39, 0.29) is 5.78 Å². The average molecular weight is 247 g/mol. The minimum absolute atomic E-state index is 0.120. The summed E-state index contributed by atoms with van der Waals surface area (Å²) in [6.45, 7) is 3.37. The SMILES string of the molecule is Cc1ncc2c(n1)N(CCCCC=O)CCC2=O. The number of nitrogens with zero attached hydrogens (tertiary/aromatic N) is 3. The molecular formula is C13H17N3O2. The van der Waals surface area contributed by atoms with Gasteiger partial charge in [0, 0.05) is 32.1 Å². The van der Waals surface area contributed by atoms with E-state index < -0.39 is 0 Å². The fourth-order valence-corrected chi connectivity index (χ4v) is 2.12. The topological polar surface area (TPSA) is 63.2 Å². The molecule has 0 saturated carbocycles. The summed E-state index contributed by atoms with van der Waals surface area (Å²) in [5.74, 6) is 1.56. The summed E-state index contributed by atoms with van der Waals surface area (Å²) in [6, 6.07) is 0. The number of anilines is 1. The zero-order valence-electron chi connectivity index (χ0n) is 10.6. The highest BCUT2D eigenvalue weighted by Crippen LogP contribution is 2.24. The van der Waals surface area contributed by atoms with Crippen molar-refractivity contribution in [3.63, 3.8) is 0 Å². The quantitative estimate of drug-likeness (QED) is 0.583. The molecule has 5 heteroatoms. The Kier molecular flexibility index (Phi) is 4.02. The van der Waals surface area contributed by atoms with Gasteiger partial charge in [0.1, 0.15) is 17.9 Å². The molecule has 1 aromatic rings. The maximum absolute atomic E-state index is 11.8. The monoisotopic (exact) mass is 247 g/mol. The van der Waals surface area contributed by atoms with Gasteiger partial charge in [-0.2, -0.15) is 0 Å². The summed E-state index contributed by atoms with van der Waals surface area (Å²) in [4.78, 5) is 32.6. The van der Waals surface area contributed by atoms with Crippen molar-refractivity contribution in [3.8, 4) is 0 Å². The number of unbranched alkanes of at least 4 members (excludes halogenated alkanes) is 2. The molecular weight excluding hydrogens is 230 g/mol. The van der Waals surface area contributed by atoms with Crippen LogP contribution >= 0.6 is 0 Å². The van der Waals surface area contributed by atoms with Gasteiger partial charge in [-0.05, 0) is 19.8 Å². The number of aromatic nitrogens is 2. The number of fused-ring (bicyclic) bond motifs is 1. The molecule has 1 aliphatic heterocycles. The van der Waals surface area contributed by atoms with E-state index in [1.165, 1.54) is 0 Å². The standard InChI is InChI=1S/C13H17N3O2/c1-10-14-9-11-12(18)5-7-16(13(11)15-10)6-3-2-4-8-17/h8-9H,2-7H2,1H3. The van der Waals surface area contributed by atoms with E-state index in [9.17, 15) is 9.59 Å². The molecule has 0 unspecified atom stereocenters. The predicted molar refractivity (Wildman–Crippen MR) is 67.8 cm³/mol. The second kappa shape index (κ2) is 5.71. The lowest BCUT2D eigenvalue weighted by atomic mass is 10.1. The Balaban J connectivity index is 2.10. The fraction of sp³-hybridized carbons (Fsp3) is 0.538. The highest BCUT2D eigenvalue weighted by molar-refractivity contribution is 6.02. The van der Waals surface area contributed by atoms with Gasteiger partial charge in [0.25, 0.3) is 0 Å². The van der Waals surface area contributed by atoms with Crippen molar-refractivity contribution >= 4 is 17.9 Å². The average Bonchev–Trinajstić information content (AvgIpc) is 2.37. The first-order chi connectivity index (χ1) is 8.72. The lowest BCUT2D eigenvalue weighted by Gasteiger charge is -2.29. The second-order valence-corrected chi connectivity index (χ2v) is 4.48. The Morgan fingerprint density at radius 2 is 2.28 bits per heavy atom. The molecule has 0 radical (unpaired) electrons. The third-order valence-electron chi connectivity index (χ3n) is 3.10. The molecule has 0 spiro atoms. The highest BCUT2D eigenvalue weighted by Gasteiger charge is 2.24. The first-order valence-electron chi connectivity index (χ1n) is 6.28. The van der Waals surface area contributed by atoms with Crippen LogP contribution in [0.15, 0.2) is 6.20 Å². The molecule has 0 aromatic carbocycles. The van der Waals surface area contributed by atoms with Crippen molar-refractivity contribution in [2.75, 3.05) is 18.0 Å². The molecule has 0 amide bonds. The van der Waals surface area contributed by atoms with E-state index in [4.69, 9.17) is 0 Å². The summed E-state index contributed by atoms with van der Waals surface area (Å²) in [5.41, 5.74) is 0.627. The van der Waals surface area contributed by atoms with Gasteiger partial charge in [0.15, 0.2) is 5.78 Å². The largest absolute Gasteiger partial charge is 0.355 e. The molecule has 5 nitrogen and oxygen atoms in total. The van der Waals surface area contributed by atoms with Gasteiger partial charge in [-0.3, -0.25) is 4.79 Å². The number of carbonyl (C=O) groups excluding carboxylic acids is 2. The third kappa shape index (κ3) is 2.72. The maximum Gasteiger partial charge on any atom is 0.169 e. The molecule has 2 heterocycles. The lowest BCUT2D eigenvalue weighted by Crippen LogP contribution is -2.34. The van der Waals surface area contributed by atoms with Gasteiger partial charge in [0.05, 0.1) is 5.56 Å². The van der Waals surface area contributed by atoms with E-state index >= 15 is 0 Å². The molecule has 0 saturated heterocycles. The normalized spacial score (nSPS) is 14.5. The van der Waals surface area contributed by atoms with E-state index in [1.54, 1.807) is 6.20 Å². The fourth-order valence-electron chi connectivity index (χ4n) is 2.12. The molecule has 0 atom stereocenters. The first kappa shape index (κ1) is 12.7. The number of ketones is 1. The molecule has 0 bridgehead atoms. The number of rotatable bonds is 5. The molecule has 1 aliphatic rings. The van der Waals surface area contributed by atoms with Gasteiger partial charge in [-0.25, -0.2) is 9.97 Å². The van der Waals surface area contributed by atoms with Gasteiger partial charge in [0.2, 0.25) is 0 Å². The molecule has 0 aliphatic carbocycles. The van der Waals surface area contributed by atoms with Crippen molar-refractivity contribution < 1.29 is 9.59 Å². The van der Waals surface area contributed by atoms with Gasteiger partial charge in [-0.1, -0.05) is 0 Å². The molecule has 0 N–H and O–H groups in total. The minimum Gasteiger partial charge on any atom is -0.355 e. The molecule has 96 valence electrons. The Morgan fingerprint density at radius 3 is 3.06 bits per heavy atom. The van der Waals surface area contributed by atoms with Crippen molar-refractivity contribution in [1.29, 1.82) is 0 Å². The van der Waals surface area contributed by atoms with Crippen LogP contribution in [0.1, 0.15) is 41.9 Å². The van der Waals surface area contributed by atoms with Crippen LogP contribution in [0.2, 0.25) is 0 Å². The van der Waals surface area contributed by atoms with E-state index in [2.05, 4.69) is 14.9 Å². The number of aldehydes is 1. The number of Topliss-reactive ketones (excluding diaryl/α,β-unsaturated/α-hetero) is 1. The van der Waals surface area contributed by atoms with Crippen LogP contribution in [0.3, 0.4) is 0 Å². The van der Waals surface area contributed by atoms with Crippen LogP contribution in [0.4, 0.5) is 5.82 Å². The summed E-state index contributed by atoms with van der Waals surface area (Å²) in [6.07, 6.45) is 5.51. The highest BCUT2D eigenvalue weighted by atomic mass is 16.1. The van der Waals surface area contributed by atoms with Crippen LogP contribution in [0.25, 0.3) is 0 Å². The number of hydrogen-bond donors (Lipinski definition) is 0. The summed E-state index contributed by atoms with van der Waals surface area (Å²) >= 11 is 0. The van der Waals surface area contributed by atoms with Crippen molar-refractivity contribution in [2.45, 2.75) is 32.6 Å². The minimum atomic E-state index is 0.120. The van der Waals surface area contributed by atoms with Crippen LogP contribution < -0.4 is 4.90 Å². The van der Waals surface area contributed by atoms with E-state index in [0.717, 1.165) is 31.5 Å². The van der Waals surface area contributed by atoms with Gasteiger partial charge in [-0.15, -0.1) is 0 Å². The molecule has 18 heavy (non-hydrogen) atoms. The number of aryl methyl sites for hydroxylation is 1. The van der Waals surface area contributed by atoms with E-state index in [0.29, 0.717) is 30.8 Å². The van der Waals surface area contributed by atoms with Crippen LogP contribution in [0, 0.1) is 6.92 Å². The maximum atomic E-state index is 11.8. The van der Waals surface area contributed by atoms with Crippen molar-refractivity contribution in [2.24, 2.45) is 0 Å². The smallest absolute Gasteiger partial charge is 0.169 e. The number of carbonyl (C=O) groups is 2.